The van der Waals surface area contributed by atoms with Gasteiger partial charge in [-0.15, -0.1) is 11.8 Å². The average molecular weight is 211 g/mol. The summed E-state index contributed by atoms with van der Waals surface area (Å²) in [5.74, 6) is 0. The fraction of sp³-hybridized carbons (Fsp3) is 0.111. The van der Waals surface area contributed by atoms with Gasteiger partial charge in [-0.25, -0.2) is 4.98 Å². The fourth-order valence-corrected chi connectivity index (χ4v) is 1.67. The number of hydrogen-bond donors (Lipinski definition) is 0. The molecular weight excluding hydrogens is 204 g/mol. The van der Waals surface area contributed by atoms with Gasteiger partial charge in [0.05, 0.1) is 17.2 Å². The summed E-state index contributed by atoms with van der Waals surface area (Å²) in [7, 11) is 0. The highest BCUT2D eigenvalue weighted by atomic mass is 35.5. The van der Waals surface area contributed by atoms with E-state index in [9.17, 15) is 0 Å². The normalized spacial score (nSPS) is 10.6. The minimum Gasteiger partial charge on any atom is -0.251 e. The van der Waals surface area contributed by atoms with E-state index in [0.717, 1.165) is 11.0 Å². The van der Waals surface area contributed by atoms with E-state index in [1.807, 2.05) is 24.5 Å². The third-order valence-electron chi connectivity index (χ3n) is 1.72. The minimum absolute atomic E-state index is 0.435. The Balaban J connectivity index is 2.66. The first-order valence-corrected chi connectivity index (χ1v) is 5.36. The summed E-state index contributed by atoms with van der Waals surface area (Å²) in [6.07, 6.45) is 3.60. The maximum absolute atomic E-state index is 5.71. The van der Waals surface area contributed by atoms with Crippen molar-refractivity contribution in [1.82, 2.24) is 9.97 Å². The fourth-order valence-electron chi connectivity index (χ4n) is 1.09. The summed E-state index contributed by atoms with van der Waals surface area (Å²) < 4.78 is 0. The van der Waals surface area contributed by atoms with E-state index in [4.69, 9.17) is 11.6 Å². The van der Waals surface area contributed by atoms with Crippen molar-refractivity contribution in [2.75, 3.05) is 6.26 Å². The van der Waals surface area contributed by atoms with Crippen LogP contribution in [0.25, 0.3) is 11.0 Å². The molecule has 4 heteroatoms. The smallest absolute Gasteiger partial charge is 0.148 e. The van der Waals surface area contributed by atoms with E-state index in [0.29, 0.717) is 5.15 Å². The van der Waals surface area contributed by atoms with E-state index in [1.165, 1.54) is 4.90 Å². The second-order valence-corrected chi connectivity index (χ2v) is 3.81. The standard InChI is InChI=1S/C9H7ClN2S/c1-13-6-2-3-7-8(4-6)11-5-9(10)12-7/h2-5H,1H3. The Hall–Kier alpha value is -0.800. The summed E-state index contributed by atoms with van der Waals surface area (Å²) in [5, 5.41) is 0.435. The lowest BCUT2D eigenvalue weighted by molar-refractivity contribution is 1.28. The molecule has 0 bridgehead atoms. The van der Waals surface area contributed by atoms with Crippen LogP contribution in [0.5, 0.6) is 0 Å². The maximum atomic E-state index is 5.71. The number of aromatic nitrogens is 2. The monoisotopic (exact) mass is 210 g/mol. The Labute approximate surface area is 85.3 Å². The van der Waals surface area contributed by atoms with Crippen LogP contribution in [0.2, 0.25) is 5.15 Å². The molecule has 0 fully saturated rings. The maximum Gasteiger partial charge on any atom is 0.148 e. The zero-order valence-corrected chi connectivity index (χ0v) is 8.56. The van der Waals surface area contributed by atoms with E-state index in [2.05, 4.69) is 9.97 Å². The van der Waals surface area contributed by atoms with E-state index < -0.39 is 0 Å². The van der Waals surface area contributed by atoms with Crippen molar-refractivity contribution in [2.45, 2.75) is 4.90 Å². The molecule has 1 heterocycles. The molecule has 0 amide bonds. The van der Waals surface area contributed by atoms with Crippen molar-refractivity contribution in [3.8, 4) is 0 Å². The third-order valence-corrected chi connectivity index (χ3v) is 2.63. The molecule has 1 aromatic carbocycles. The van der Waals surface area contributed by atoms with Crippen LogP contribution in [-0.4, -0.2) is 16.2 Å². The molecule has 2 rings (SSSR count). The molecular formula is C9H7ClN2S. The minimum atomic E-state index is 0.435. The lowest BCUT2D eigenvalue weighted by Crippen LogP contribution is -1.83. The summed E-state index contributed by atoms with van der Waals surface area (Å²) in [6.45, 7) is 0. The molecule has 0 aliphatic rings. The molecule has 0 N–H and O–H groups in total. The van der Waals surface area contributed by atoms with Gasteiger partial charge in [0, 0.05) is 4.90 Å². The number of thioether (sulfide) groups is 1. The summed E-state index contributed by atoms with van der Waals surface area (Å²) in [5.41, 5.74) is 1.72. The van der Waals surface area contributed by atoms with E-state index >= 15 is 0 Å². The first-order chi connectivity index (χ1) is 6.29. The zero-order chi connectivity index (χ0) is 9.26. The number of hydrogen-bond acceptors (Lipinski definition) is 3. The number of fused-ring (bicyclic) bond motifs is 1. The topological polar surface area (TPSA) is 25.8 Å². The molecule has 66 valence electrons. The molecule has 13 heavy (non-hydrogen) atoms. The van der Waals surface area contributed by atoms with Crippen LogP contribution in [0, 0.1) is 0 Å². The van der Waals surface area contributed by atoms with Crippen molar-refractivity contribution >= 4 is 34.4 Å². The van der Waals surface area contributed by atoms with Crippen LogP contribution in [0.15, 0.2) is 29.3 Å². The molecule has 0 saturated carbocycles. The Kier molecular flexibility index (Phi) is 2.38. The van der Waals surface area contributed by atoms with Gasteiger partial charge < -0.3 is 0 Å². The summed E-state index contributed by atoms with van der Waals surface area (Å²) in [4.78, 5) is 9.51. The molecule has 0 radical (unpaired) electrons. The summed E-state index contributed by atoms with van der Waals surface area (Å²) in [6, 6.07) is 5.95. The second kappa shape index (κ2) is 3.52. The molecule has 0 aliphatic carbocycles. The SMILES string of the molecule is CSc1ccc2nc(Cl)cnc2c1. The molecule has 0 aliphatic heterocycles. The highest BCUT2D eigenvalue weighted by Crippen LogP contribution is 2.20. The van der Waals surface area contributed by atoms with E-state index in [-0.39, 0.29) is 0 Å². The lowest BCUT2D eigenvalue weighted by Gasteiger charge is -1.99. The first kappa shape index (κ1) is 8.78. The quantitative estimate of drug-likeness (QED) is 0.677. The van der Waals surface area contributed by atoms with Gasteiger partial charge in [0.1, 0.15) is 5.15 Å². The average Bonchev–Trinajstić information content (AvgIpc) is 2.17. The molecule has 0 spiro atoms. The summed E-state index contributed by atoms with van der Waals surface area (Å²) >= 11 is 7.40. The van der Waals surface area contributed by atoms with Gasteiger partial charge in [0.2, 0.25) is 0 Å². The third kappa shape index (κ3) is 1.76. The number of rotatable bonds is 1. The predicted molar refractivity (Wildman–Crippen MR) is 56.3 cm³/mol. The van der Waals surface area contributed by atoms with Crippen molar-refractivity contribution in [3.05, 3.63) is 29.5 Å². The second-order valence-electron chi connectivity index (χ2n) is 2.55. The van der Waals surface area contributed by atoms with Gasteiger partial charge in [-0.3, -0.25) is 4.98 Å². The lowest BCUT2D eigenvalue weighted by atomic mass is 10.3. The van der Waals surface area contributed by atoms with Crippen LogP contribution in [0.1, 0.15) is 0 Å². The number of benzene rings is 1. The largest absolute Gasteiger partial charge is 0.251 e. The van der Waals surface area contributed by atoms with Gasteiger partial charge in [-0.05, 0) is 24.5 Å². The molecule has 0 atom stereocenters. The van der Waals surface area contributed by atoms with Gasteiger partial charge >= 0.3 is 0 Å². The molecule has 2 aromatic rings. The van der Waals surface area contributed by atoms with Gasteiger partial charge in [0.15, 0.2) is 0 Å². The van der Waals surface area contributed by atoms with Gasteiger partial charge in [-0.2, -0.15) is 0 Å². The highest BCUT2D eigenvalue weighted by Gasteiger charge is 1.98. The van der Waals surface area contributed by atoms with Crippen molar-refractivity contribution < 1.29 is 0 Å². The van der Waals surface area contributed by atoms with Crippen molar-refractivity contribution in [2.24, 2.45) is 0 Å². The number of halogens is 1. The van der Waals surface area contributed by atoms with Crippen molar-refractivity contribution in [3.63, 3.8) is 0 Å². The Morgan fingerprint density at radius 2 is 2.15 bits per heavy atom. The Morgan fingerprint density at radius 1 is 1.31 bits per heavy atom. The van der Waals surface area contributed by atoms with Crippen LogP contribution in [0.4, 0.5) is 0 Å². The molecule has 0 unspecified atom stereocenters. The Bertz CT molecular complexity index is 445. The van der Waals surface area contributed by atoms with Crippen molar-refractivity contribution in [1.29, 1.82) is 0 Å². The molecule has 2 nitrogen and oxygen atoms in total. The van der Waals surface area contributed by atoms with E-state index in [1.54, 1.807) is 18.0 Å². The molecule has 1 aromatic heterocycles. The number of nitrogens with zero attached hydrogens (tertiary/aromatic N) is 2. The first-order valence-electron chi connectivity index (χ1n) is 3.76. The van der Waals surface area contributed by atoms with Crippen LogP contribution < -0.4 is 0 Å². The predicted octanol–water partition coefficient (Wildman–Crippen LogP) is 3.01. The van der Waals surface area contributed by atoms with Crippen LogP contribution in [0.3, 0.4) is 0 Å². The van der Waals surface area contributed by atoms with Gasteiger partial charge in [-0.1, -0.05) is 11.6 Å². The molecule has 0 saturated heterocycles. The Morgan fingerprint density at radius 3 is 2.92 bits per heavy atom. The van der Waals surface area contributed by atoms with Gasteiger partial charge in [0.25, 0.3) is 0 Å². The zero-order valence-electron chi connectivity index (χ0n) is 6.99. The van der Waals surface area contributed by atoms with Crippen LogP contribution in [-0.2, 0) is 0 Å². The van der Waals surface area contributed by atoms with Crippen LogP contribution >= 0.6 is 23.4 Å². The highest BCUT2D eigenvalue weighted by molar-refractivity contribution is 7.98.